The van der Waals surface area contributed by atoms with Crippen LogP contribution < -0.4 is 0 Å². The molecule has 0 saturated carbocycles. The zero-order valence-electron chi connectivity index (χ0n) is 9.42. The van der Waals surface area contributed by atoms with Gasteiger partial charge in [-0.25, -0.2) is 12.8 Å². The smallest absolute Gasteiger partial charge is 0.212 e. The van der Waals surface area contributed by atoms with Crippen molar-refractivity contribution in [1.82, 2.24) is 0 Å². The molecule has 1 rings (SSSR count). The molecule has 0 bridgehead atoms. The molecular weight excluding hydrogens is 251 g/mol. The second-order valence-corrected chi connectivity index (χ2v) is 7.31. The van der Waals surface area contributed by atoms with Crippen LogP contribution in [0.3, 0.4) is 0 Å². The highest BCUT2D eigenvalue weighted by Gasteiger charge is 2.27. The molecule has 0 fully saturated rings. The van der Waals surface area contributed by atoms with Crippen molar-refractivity contribution in [2.45, 2.75) is 26.2 Å². The Morgan fingerprint density at radius 2 is 1.94 bits per heavy atom. The third kappa shape index (κ3) is 3.46. The van der Waals surface area contributed by atoms with Crippen LogP contribution in [0.2, 0.25) is 0 Å². The van der Waals surface area contributed by atoms with E-state index in [0.29, 0.717) is 5.56 Å². The molecule has 5 heteroatoms. The Morgan fingerprint density at radius 3 is 2.38 bits per heavy atom. The summed E-state index contributed by atoms with van der Waals surface area (Å²) < 4.78 is 35.2. The lowest BCUT2D eigenvalue weighted by atomic mass is 9.86. The molecule has 0 radical (unpaired) electrons. The van der Waals surface area contributed by atoms with Crippen molar-refractivity contribution in [3.63, 3.8) is 0 Å². The summed E-state index contributed by atoms with van der Waals surface area (Å²) in [5, 5.41) is 0. The van der Waals surface area contributed by atoms with Crippen LogP contribution >= 0.6 is 10.7 Å². The van der Waals surface area contributed by atoms with Crippen molar-refractivity contribution in [1.29, 1.82) is 0 Å². The van der Waals surface area contributed by atoms with Gasteiger partial charge >= 0.3 is 0 Å². The van der Waals surface area contributed by atoms with E-state index >= 15 is 0 Å². The molecule has 0 aliphatic rings. The Labute approximate surface area is 99.9 Å². The lowest BCUT2D eigenvalue weighted by molar-refractivity contribution is 0.554. The molecule has 0 heterocycles. The maximum atomic E-state index is 13.1. The number of hydrogen-bond donors (Lipinski definition) is 0. The largest absolute Gasteiger partial charge is 0.233 e. The molecule has 90 valence electrons. The first-order chi connectivity index (χ1) is 7.12. The highest BCUT2D eigenvalue weighted by atomic mass is 35.7. The maximum absolute atomic E-state index is 13.1. The third-order valence-corrected chi connectivity index (χ3v) is 3.87. The Hall–Kier alpha value is -0.610. The van der Waals surface area contributed by atoms with Crippen LogP contribution in [0.4, 0.5) is 4.39 Å². The van der Waals surface area contributed by atoms with E-state index in [1.54, 1.807) is 32.9 Å². The van der Waals surface area contributed by atoms with Gasteiger partial charge in [0, 0.05) is 16.1 Å². The van der Waals surface area contributed by atoms with E-state index in [1.807, 2.05) is 0 Å². The van der Waals surface area contributed by atoms with E-state index in [-0.39, 0.29) is 11.6 Å². The van der Waals surface area contributed by atoms with Crippen molar-refractivity contribution >= 4 is 19.7 Å². The van der Waals surface area contributed by atoms with Crippen molar-refractivity contribution in [3.05, 3.63) is 35.1 Å². The summed E-state index contributed by atoms with van der Waals surface area (Å²) in [5.74, 6) is -0.472. The second-order valence-electron chi connectivity index (χ2n) is 4.53. The molecule has 0 aliphatic heterocycles. The first-order valence-corrected chi connectivity index (χ1v) is 7.29. The predicted octanol–water partition coefficient (Wildman–Crippen LogP) is 2.98. The fourth-order valence-electron chi connectivity index (χ4n) is 1.58. The molecule has 1 aromatic carbocycles. The van der Waals surface area contributed by atoms with Crippen LogP contribution in [0.25, 0.3) is 0 Å². The van der Waals surface area contributed by atoms with E-state index in [2.05, 4.69) is 0 Å². The summed E-state index contributed by atoms with van der Waals surface area (Å²) in [6, 6.07) is 4.58. The lowest BCUT2D eigenvalue weighted by Crippen LogP contribution is -2.26. The van der Waals surface area contributed by atoms with Crippen LogP contribution in [0.5, 0.6) is 0 Å². The van der Waals surface area contributed by atoms with Crippen molar-refractivity contribution in [3.8, 4) is 0 Å². The number of hydrogen-bond acceptors (Lipinski definition) is 2. The van der Waals surface area contributed by atoms with E-state index in [9.17, 15) is 12.8 Å². The monoisotopic (exact) mass is 264 g/mol. The van der Waals surface area contributed by atoms with Crippen LogP contribution in [0.15, 0.2) is 18.2 Å². The lowest BCUT2D eigenvalue weighted by Gasteiger charge is -2.23. The highest BCUT2D eigenvalue weighted by Crippen LogP contribution is 2.27. The molecule has 0 amide bonds. The minimum Gasteiger partial charge on any atom is -0.212 e. The van der Waals surface area contributed by atoms with Gasteiger partial charge in [0.2, 0.25) is 9.05 Å². The zero-order chi connectivity index (χ0) is 12.6. The average Bonchev–Trinajstić information content (AvgIpc) is 2.05. The molecule has 0 atom stereocenters. The molecule has 0 unspecified atom stereocenters. The van der Waals surface area contributed by atoms with E-state index < -0.39 is 14.5 Å². The number of rotatable bonds is 3. The van der Waals surface area contributed by atoms with Gasteiger partial charge in [-0.3, -0.25) is 0 Å². The van der Waals surface area contributed by atoms with Crippen molar-refractivity contribution in [2.24, 2.45) is 0 Å². The zero-order valence-corrected chi connectivity index (χ0v) is 11.0. The van der Waals surface area contributed by atoms with Gasteiger partial charge in [0.15, 0.2) is 0 Å². The molecule has 0 N–H and O–H groups in total. The molecule has 1 aromatic rings. The molecule has 0 spiro atoms. The van der Waals surface area contributed by atoms with E-state index in [0.717, 1.165) is 5.56 Å². The van der Waals surface area contributed by atoms with Gasteiger partial charge in [-0.05, 0) is 24.1 Å². The number of halogens is 2. The highest BCUT2D eigenvalue weighted by molar-refractivity contribution is 8.13. The topological polar surface area (TPSA) is 34.1 Å². The molecule has 0 aliphatic carbocycles. The van der Waals surface area contributed by atoms with Gasteiger partial charge in [0.1, 0.15) is 5.82 Å². The van der Waals surface area contributed by atoms with Crippen molar-refractivity contribution < 1.29 is 12.8 Å². The summed E-state index contributed by atoms with van der Waals surface area (Å²) in [5.41, 5.74) is 0.632. The van der Waals surface area contributed by atoms with Gasteiger partial charge in [-0.15, -0.1) is 0 Å². The summed E-state index contributed by atoms with van der Waals surface area (Å²) in [6.45, 7) is 5.17. The molecule has 0 aromatic heterocycles. The second kappa shape index (κ2) is 4.34. The van der Waals surface area contributed by atoms with Gasteiger partial charge in [0.25, 0.3) is 0 Å². The number of aryl methyl sites for hydroxylation is 1. The van der Waals surface area contributed by atoms with Gasteiger partial charge < -0.3 is 0 Å². The fourth-order valence-corrected chi connectivity index (χ4v) is 3.43. The summed E-state index contributed by atoms with van der Waals surface area (Å²) in [7, 11) is 1.66. The standard InChI is InChI=1S/C11H14ClFO2S/c1-8-6-9(4-5-10(8)13)11(2,3)7-16(12,14)15/h4-6H,7H2,1-3H3. The Bertz CT molecular complexity index is 495. The molecule has 0 saturated heterocycles. The molecule has 16 heavy (non-hydrogen) atoms. The minimum atomic E-state index is -3.57. The van der Waals surface area contributed by atoms with Crippen molar-refractivity contribution in [2.75, 3.05) is 5.75 Å². The van der Waals surface area contributed by atoms with Gasteiger partial charge in [0.05, 0.1) is 5.75 Å². The summed E-state index contributed by atoms with van der Waals surface area (Å²) in [6.07, 6.45) is 0. The Balaban J connectivity index is 3.12. The first kappa shape index (κ1) is 13.5. The van der Waals surface area contributed by atoms with E-state index in [1.165, 1.54) is 6.07 Å². The summed E-state index contributed by atoms with van der Waals surface area (Å²) >= 11 is 0. The fraction of sp³-hybridized carbons (Fsp3) is 0.455. The summed E-state index contributed by atoms with van der Waals surface area (Å²) in [4.78, 5) is 0. The normalized spacial score (nSPS) is 12.8. The Kier molecular flexibility index (Phi) is 3.65. The van der Waals surface area contributed by atoms with Crippen LogP contribution in [0, 0.1) is 12.7 Å². The SMILES string of the molecule is Cc1cc(C(C)(C)CS(=O)(=O)Cl)ccc1F. The van der Waals surface area contributed by atoms with E-state index in [4.69, 9.17) is 10.7 Å². The van der Waals surface area contributed by atoms with Crippen LogP contribution in [-0.4, -0.2) is 14.2 Å². The van der Waals surface area contributed by atoms with Crippen LogP contribution in [-0.2, 0) is 14.5 Å². The van der Waals surface area contributed by atoms with Gasteiger partial charge in [-0.1, -0.05) is 26.0 Å². The number of benzene rings is 1. The molecular formula is C11H14ClFO2S. The maximum Gasteiger partial charge on any atom is 0.233 e. The quantitative estimate of drug-likeness (QED) is 0.787. The molecule has 2 nitrogen and oxygen atoms in total. The van der Waals surface area contributed by atoms with Crippen LogP contribution in [0.1, 0.15) is 25.0 Å². The third-order valence-electron chi connectivity index (χ3n) is 2.47. The predicted molar refractivity (Wildman–Crippen MR) is 63.8 cm³/mol. The van der Waals surface area contributed by atoms with Gasteiger partial charge in [-0.2, -0.15) is 0 Å². The minimum absolute atomic E-state index is 0.174. The first-order valence-electron chi connectivity index (χ1n) is 4.81. The Morgan fingerprint density at radius 1 is 1.38 bits per heavy atom. The average molecular weight is 265 g/mol.